The van der Waals surface area contributed by atoms with Gasteiger partial charge >= 0.3 is 0 Å². The smallest absolute Gasteiger partial charge is 0.0488 e. The van der Waals surface area contributed by atoms with Gasteiger partial charge in [0.1, 0.15) is 0 Å². The first kappa shape index (κ1) is 16.2. The number of ether oxygens (including phenoxy) is 1. The fraction of sp³-hybridized carbons (Fsp3) is 0.647. The predicted octanol–water partition coefficient (Wildman–Crippen LogP) is 3.96. The molecule has 1 rings (SSSR count). The van der Waals surface area contributed by atoms with Gasteiger partial charge in [-0.25, -0.2) is 0 Å². The summed E-state index contributed by atoms with van der Waals surface area (Å²) in [4.78, 5) is 0. The van der Waals surface area contributed by atoms with Crippen LogP contribution in [0.2, 0.25) is 0 Å². The Bertz CT molecular complexity index is 334. The van der Waals surface area contributed by atoms with Crippen molar-refractivity contribution in [3.8, 4) is 0 Å². The summed E-state index contributed by atoms with van der Waals surface area (Å²) in [6.07, 6.45) is 3.40. The average Bonchev–Trinajstić information content (AvgIpc) is 2.44. The molecule has 0 saturated carbocycles. The Hall–Kier alpha value is -0.860. The maximum atomic E-state index is 5.25. The number of nitrogens with one attached hydrogen (secondary N) is 1. The molecule has 2 nitrogen and oxygen atoms in total. The number of aryl methyl sites for hydroxylation is 1. The summed E-state index contributed by atoms with van der Waals surface area (Å²) in [7, 11) is 1.78. The molecule has 108 valence electrons. The van der Waals surface area contributed by atoms with E-state index in [0.717, 1.165) is 26.0 Å². The molecule has 2 atom stereocenters. The normalized spacial score (nSPS) is 14.3. The molecule has 1 aromatic rings. The monoisotopic (exact) mass is 263 g/mol. The molecule has 0 aliphatic heterocycles. The second-order valence-corrected chi connectivity index (χ2v) is 5.40. The van der Waals surface area contributed by atoms with Gasteiger partial charge in [-0.15, -0.1) is 0 Å². The fourth-order valence-corrected chi connectivity index (χ4v) is 2.40. The zero-order valence-electron chi connectivity index (χ0n) is 12.9. The average molecular weight is 263 g/mol. The minimum absolute atomic E-state index is 0.441. The molecule has 1 aromatic carbocycles. The highest BCUT2D eigenvalue weighted by molar-refractivity contribution is 5.25. The van der Waals surface area contributed by atoms with Crippen LogP contribution >= 0.6 is 0 Å². The van der Waals surface area contributed by atoms with Crippen molar-refractivity contribution in [1.82, 2.24) is 5.32 Å². The van der Waals surface area contributed by atoms with Gasteiger partial charge in [-0.1, -0.05) is 45.0 Å². The van der Waals surface area contributed by atoms with Crippen molar-refractivity contribution in [2.45, 2.75) is 46.1 Å². The first-order chi connectivity index (χ1) is 9.21. The van der Waals surface area contributed by atoms with Gasteiger partial charge in [0.2, 0.25) is 0 Å². The molecule has 0 fully saturated rings. The standard InChI is InChI=1S/C17H29NO/c1-5-11-18-17(12-14(3)13-19-4)16-9-7-15(6-2)8-10-16/h7-10,14,17-18H,5-6,11-13H2,1-4H3. The summed E-state index contributed by atoms with van der Waals surface area (Å²) in [6.45, 7) is 8.56. The molecule has 2 heteroatoms. The second-order valence-electron chi connectivity index (χ2n) is 5.40. The van der Waals surface area contributed by atoms with Crippen LogP contribution in [-0.2, 0) is 11.2 Å². The Morgan fingerprint density at radius 1 is 1.16 bits per heavy atom. The highest BCUT2D eigenvalue weighted by Crippen LogP contribution is 2.22. The first-order valence-electron chi connectivity index (χ1n) is 7.52. The quantitative estimate of drug-likeness (QED) is 0.728. The van der Waals surface area contributed by atoms with Crippen LogP contribution in [0.15, 0.2) is 24.3 Å². The Morgan fingerprint density at radius 3 is 2.37 bits per heavy atom. The van der Waals surface area contributed by atoms with E-state index >= 15 is 0 Å². The minimum Gasteiger partial charge on any atom is -0.384 e. The Balaban J connectivity index is 2.70. The van der Waals surface area contributed by atoms with E-state index in [2.05, 4.69) is 50.4 Å². The number of hydrogen-bond acceptors (Lipinski definition) is 2. The van der Waals surface area contributed by atoms with E-state index in [9.17, 15) is 0 Å². The molecule has 2 unspecified atom stereocenters. The molecule has 0 aliphatic carbocycles. The van der Waals surface area contributed by atoms with Gasteiger partial charge in [-0.3, -0.25) is 0 Å². The third-order valence-electron chi connectivity index (χ3n) is 3.52. The van der Waals surface area contributed by atoms with Gasteiger partial charge in [0.25, 0.3) is 0 Å². The van der Waals surface area contributed by atoms with E-state index in [0.29, 0.717) is 12.0 Å². The molecule has 19 heavy (non-hydrogen) atoms. The van der Waals surface area contributed by atoms with Crippen molar-refractivity contribution in [1.29, 1.82) is 0 Å². The van der Waals surface area contributed by atoms with Crippen molar-refractivity contribution in [2.75, 3.05) is 20.3 Å². The van der Waals surface area contributed by atoms with Gasteiger partial charge in [-0.05, 0) is 42.9 Å². The summed E-state index contributed by atoms with van der Waals surface area (Å²) in [5.74, 6) is 0.574. The summed E-state index contributed by atoms with van der Waals surface area (Å²) >= 11 is 0. The summed E-state index contributed by atoms with van der Waals surface area (Å²) in [6, 6.07) is 9.47. The molecule has 0 amide bonds. The van der Waals surface area contributed by atoms with Crippen LogP contribution < -0.4 is 5.32 Å². The van der Waals surface area contributed by atoms with E-state index in [1.165, 1.54) is 17.5 Å². The third kappa shape index (κ3) is 5.75. The van der Waals surface area contributed by atoms with Crippen LogP contribution in [0.25, 0.3) is 0 Å². The van der Waals surface area contributed by atoms with Gasteiger partial charge in [-0.2, -0.15) is 0 Å². The SMILES string of the molecule is CCCNC(CC(C)COC)c1ccc(CC)cc1. The van der Waals surface area contributed by atoms with E-state index in [-0.39, 0.29) is 0 Å². The molecular formula is C17H29NO. The van der Waals surface area contributed by atoms with Crippen LogP contribution in [0.4, 0.5) is 0 Å². The Morgan fingerprint density at radius 2 is 1.84 bits per heavy atom. The fourth-order valence-electron chi connectivity index (χ4n) is 2.40. The van der Waals surface area contributed by atoms with Gasteiger partial charge in [0, 0.05) is 19.8 Å². The molecule has 0 radical (unpaired) electrons. The van der Waals surface area contributed by atoms with Crippen molar-refractivity contribution in [2.24, 2.45) is 5.92 Å². The van der Waals surface area contributed by atoms with Crippen LogP contribution in [0, 0.1) is 5.92 Å². The zero-order valence-corrected chi connectivity index (χ0v) is 12.9. The zero-order chi connectivity index (χ0) is 14.1. The topological polar surface area (TPSA) is 21.3 Å². The minimum atomic E-state index is 0.441. The first-order valence-corrected chi connectivity index (χ1v) is 7.52. The number of methoxy groups -OCH3 is 1. The van der Waals surface area contributed by atoms with Crippen LogP contribution in [-0.4, -0.2) is 20.3 Å². The van der Waals surface area contributed by atoms with Crippen molar-refractivity contribution in [3.05, 3.63) is 35.4 Å². The van der Waals surface area contributed by atoms with Gasteiger partial charge < -0.3 is 10.1 Å². The van der Waals surface area contributed by atoms with Gasteiger partial charge in [0.05, 0.1) is 0 Å². The van der Waals surface area contributed by atoms with E-state index in [1.54, 1.807) is 7.11 Å². The molecule has 1 N–H and O–H groups in total. The van der Waals surface area contributed by atoms with Gasteiger partial charge in [0.15, 0.2) is 0 Å². The maximum absolute atomic E-state index is 5.25. The number of rotatable bonds is 9. The molecule has 0 aliphatic rings. The maximum Gasteiger partial charge on any atom is 0.0488 e. The van der Waals surface area contributed by atoms with E-state index in [4.69, 9.17) is 4.74 Å². The number of hydrogen-bond donors (Lipinski definition) is 1. The highest BCUT2D eigenvalue weighted by atomic mass is 16.5. The second kappa shape index (κ2) is 9.11. The lowest BCUT2D eigenvalue weighted by atomic mass is 9.95. The predicted molar refractivity (Wildman–Crippen MR) is 82.5 cm³/mol. The lowest BCUT2D eigenvalue weighted by Gasteiger charge is -2.22. The molecule has 0 heterocycles. The summed E-state index contributed by atoms with van der Waals surface area (Å²) < 4.78 is 5.25. The van der Waals surface area contributed by atoms with Crippen LogP contribution in [0.5, 0.6) is 0 Å². The van der Waals surface area contributed by atoms with E-state index < -0.39 is 0 Å². The molecular weight excluding hydrogens is 234 g/mol. The molecule has 0 saturated heterocycles. The van der Waals surface area contributed by atoms with Crippen LogP contribution in [0.1, 0.15) is 50.8 Å². The molecule has 0 aromatic heterocycles. The largest absolute Gasteiger partial charge is 0.384 e. The molecule has 0 bridgehead atoms. The summed E-state index contributed by atoms with van der Waals surface area (Å²) in [5.41, 5.74) is 2.80. The Labute approximate surface area is 118 Å². The van der Waals surface area contributed by atoms with E-state index in [1.807, 2.05) is 0 Å². The number of benzene rings is 1. The lowest BCUT2D eigenvalue weighted by Crippen LogP contribution is -2.25. The molecule has 0 spiro atoms. The van der Waals surface area contributed by atoms with Crippen molar-refractivity contribution < 1.29 is 4.74 Å². The summed E-state index contributed by atoms with van der Waals surface area (Å²) in [5, 5.41) is 3.66. The Kier molecular flexibility index (Phi) is 7.76. The highest BCUT2D eigenvalue weighted by Gasteiger charge is 2.14. The van der Waals surface area contributed by atoms with Crippen molar-refractivity contribution in [3.63, 3.8) is 0 Å². The third-order valence-corrected chi connectivity index (χ3v) is 3.52. The lowest BCUT2D eigenvalue weighted by molar-refractivity contribution is 0.149. The van der Waals surface area contributed by atoms with Crippen molar-refractivity contribution >= 4 is 0 Å². The van der Waals surface area contributed by atoms with Crippen LogP contribution in [0.3, 0.4) is 0 Å².